The second-order valence-electron chi connectivity index (χ2n) is 7.68. The van der Waals surface area contributed by atoms with Gasteiger partial charge in [0, 0.05) is 44.2 Å². The average Bonchev–Trinajstić information content (AvgIpc) is 2.68. The van der Waals surface area contributed by atoms with Crippen LogP contribution in [0.3, 0.4) is 0 Å². The van der Waals surface area contributed by atoms with Gasteiger partial charge in [0.05, 0.1) is 0 Å². The summed E-state index contributed by atoms with van der Waals surface area (Å²) in [5, 5.41) is 13.4. The number of nitrogens with zero attached hydrogens (tertiary/aromatic N) is 1. The van der Waals surface area contributed by atoms with Gasteiger partial charge >= 0.3 is 0 Å². The first kappa shape index (κ1) is 21.7. The zero-order valence-corrected chi connectivity index (χ0v) is 17.0. The van der Waals surface area contributed by atoms with E-state index in [-0.39, 0.29) is 30.5 Å². The molecular weight excluding hydrogens is 360 g/mol. The summed E-state index contributed by atoms with van der Waals surface area (Å²) in [7, 11) is 0. The predicted molar refractivity (Wildman–Crippen MR) is 113 cm³/mol. The highest BCUT2D eigenvalue weighted by atomic mass is 35.5. The van der Waals surface area contributed by atoms with E-state index >= 15 is 0 Å². The third kappa shape index (κ3) is 5.69. The van der Waals surface area contributed by atoms with E-state index in [1.165, 1.54) is 5.56 Å². The van der Waals surface area contributed by atoms with Gasteiger partial charge in [0.1, 0.15) is 12.4 Å². The molecule has 0 saturated carbocycles. The number of nitrogens with one attached hydrogen (secondary N) is 1. The Bertz CT molecular complexity index is 688. The van der Waals surface area contributed by atoms with Gasteiger partial charge in [-0.1, -0.05) is 56.3 Å². The molecular formula is C22H31ClN2O2. The third-order valence-electron chi connectivity index (χ3n) is 5.09. The zero-order valence-electron chi connectivity index (χ0n) is 16.2. The van der Waals surface area contributed by atoms with Crippen molar-refractivity contribution in [2.75, 3.05) is 32.8 Å². The summed E-state index contributed by atoms with van der Waals surface area (Å²) in [6, 6.07) is 18.7. The molecule has 1 fully saturated rings. The summed E-state index contributed by atoms with van der Waals surface area (Å²) in [4.78, 5) is 2.48. The quantitative estimate of drug-likeness (QED) is 0.757. The van der Waals surface area contributed by atoms with Crippen molar-refractivity contribution in [2.45, 2.75) is 26.5 Å². The van der Waals surface area contributed by atoms with Crippen molar-refractivity contribution in [3.05, 3.63) is 65.7 Å². The number of aliphatic hydroxyl groups excluding tert-OH is 1. The van der Waals surface area contributed by atoms with Crippen LogP contribution in [0, 0.1) is 5.41 Å². The van der Waals surface area contributed by atoms with Crippen LogP contribution < -0.4 is 10.1 Å². The molecule has 27 heavy (non-hydrogen) atoms. The summed E-state index contributed by atoms with van der Waals surface area (Å²) in [5.41, 5.74) is 2.14. The van der Waals surface area contributed by atoms with E-state index in [2.05, 4.69) is 54.4 Å². The fourth-order valence-electron chi connectivity index (χ4n) is 3.70. The van der Waals surface area contributed by atoms with Crippen LogP contribution in [0.4, 0.5) is 0 Å². The number of hydrogen-bond acceptors (Lipinski definition) is 4. The second-order valence-corrected chi connectivity index (χ2v) is 7.68. The Morgan fingerprint density at radius 1 is 1.07 bits per heavy atom. The Hall–Kier alpha value is -1.59. The van der Waals surface area contributed by atoms with E-state index in [0.29, 0.717) is 6.61 Å². The first-order chi connectivity index (χ1) is 12.6. The van der Waals surface area contributed by atoms with Crippen molar-refractivity contribution >= 4 is 12.4 Å². The molecule has 148 valence electrons. The Morgan fingerprint density at radius 2 is 1.78 bits per heavy atom. The minimum absolute atomic E-state index is 0. The van der Waals surface area contributed by atoms with Gasteiger partial charge in [-0.05, 0) is 23.3 Å². The SMILES string of the molecule is CC(C)(CO)[C@@H](c1cccc(OCc2ccccc2)c1)N1CCNCC1.Cl. The van der Waals surface area contributed by atoms with Crippen molar-refractivity contribution in [3.8, 4) is 5.75 Å². The van der Waals surface area contributed by atoms with Gasteiger partial charge in [-0.2, -0.15) is 0 Å². The van der Waals surface area contributed by atoms with Crippen LogP contribution >= 0.6 is 12.4 Å². The van der Waals surface area contributed by atoms with Crippen LogP contribution in [0.1, 0.15) is 31.0 Å². The fraction of sp³-hybridized carbons (Fsp3) is 0.455. The van der Waals surface area contributed by atoms with Gasteiger partial charge in [-0.25, -0.2) is 0 Å². The highest BCUT2D eigenvalue weighted by molar-refractivity contribution is 5.85. The molecule has 1 atom stereocenters. The van der Waals surface area contributed by atoms with E-state index in [1.54, 1.807) is 0 Å². The highest BCUT2D eigenvalue weighted by Gasteiger charge is 2.35. The molecule has 0 bridgehead atoms. The van der Waals surface area contributed by atoms with Gasteiger partial charge in [0.25, 0.3) is 0 Å². The topological polar surface area (TPSA) is 44.7 Å². The maximum Gasteiger partial charge on any atom is 0.120 e. The van der Waals surface area contributed by atoms with E-state index in [1.807, 2.05) is 24.3 Å². The minimum atomic E-state index is -0.227. The lowest BCUT2D eigenvalue weighted by molar-refractivity contribution is 0.0304. The molecule has 0 amide bonds. The van der Waals surface area contributed by atoms with Crippen LogP contribution in [0.25, 0.3) is 0 Å². The molecule has 3 rings (SSSR count). The van der Waals surface area contributed by atoms with E-state index in [9.17, 15) is 5.11 Å². The predicted octanol–water partition coefficient (Wildman–Crippen LogP) is 3.65. The monoisotopic (exact) mass is 390 g/mol. The highest BCUT2D eigenvalue weighted by Crippen LogP contribution is 2.39. The molecule has 0 radical (unpaired) electrons. The van der Waals surface area contributed by atoms with Crippen molar-refractivity contribution in [3.63, 3.8) is 0 Å². The van der Waals surface area contributed by atoms with Gasteiger partial charge in [0.15, 0.2) is 0 Å². The molecule has 0 spiro atoms. The Morgan fingerprint density at radius 3 is 2.44 bits per heavy atom. The number of aliphatic hydroxyl groups is 1. The minimum Gasteiger partial charge on any atom is -0.489 e. The second kappa shape index (κ2) is 10.1. The van der Waals surface area contributed by atoms with E-state index in [0.717, 1.165) is 37.5 Å². The number of piperazine rings is 1. The lowest BCUT2D eigenvalue weighted by Gasteiger charge is -2.43. The van der Waals surface area contributed by atoms with Gasteiger partial charge < -0.3 is 15.2 Å². The molecule has 1 aliphatic rings. The molecule has 0 aliphatic carbocycles. The summed E-state index contributed by atoms with van der Waals surface area (Å²) < 4.78 is 6.02. The summed E-state index contributed by atoms with van der Waals surface area (Å²) in [6.45, 7) is 8.94. The van der Waals surface area contributed by atoms with Crippen molar-refractivity contribution in [2.24, 2.45) is 5.41 Å². The third-order valence-corrected chi connectivity index (χ3v) is 5.09. The van der Waals surface area contributed by atoms with Crippen molar-refractivity contribution in [1.82, 2.24) is 10.2 Å². The first-order valence-corrected chi connectivity index (χ1v) is 9.42. The van der Waals surface area contributed by atoms with Gasteiger partial charge in [-0.15, -0.1) is 12.4 Å². The van der Waals surface area contributed by atoms with E-state index in [4.69, 9.17) is 4.74 Å². The van der Waals surface area contributed by atoms with Gasteiger partial charge in [0.2, 0.25) is 0 Å². The number of rotatable bonds is 7. The van der Waals surface area contributed by atoms with Crippen LogP contribution in [0.15, 0.2) is 54.6 Å². The lowest BCUT2D eigenvalue weighted by atomic mass is 9.79. The largest absolute Gasteiger partial charge is 0.489 e. The molecule has 5 heteroatoms. The fourth-order valence-corrected chi connectivity index (χ4v) is 3.70. The normalized spacial score (nSPS) is 16.4. The Labute approximate surface area is 169 Å². The number of hydrogen-bond donors (Lipinski definition) is 2. The number of halogens is 1. The summed E-state index contributed by atoms with van der Waals surface area (Å²) in [5.74, 6) is 0.875. The lowest BCUT2D eigenvalue weighted by Crippen LogP contribution is -2.49. The van der Waals surface area contributed by atoms with Crippen LogP contribution in [-0.4, -0.2) is 42.8 Å². The van der Waals surface area contributed by atoms with Crippen LogP contribution in [-0.2, 0) is 6.61 Å². The van der Waals surface area contributed by atoms with Crippen molar-refractivity contribution in [1.29, 1.82) is 0 Å². The molecule has 0 unspecified atom stereocenters. The van der Waals surface area contributed by atoms with Gasteiger partial charge in [-0.3, -0.25) is 4.90 Å². The van der Waals surface area contributed by atoms with Crippen molar-refractivity contribution < 1.29 is 9.84 Å². The van der Waals surface area contributed by atoms with Crippen LogP contribution in [0.2, 0.25) is 0 Å². The molecule has 2 aromatic carbocycles. The molecule has 2 N–H and O–H groups in total. The first-order valence-electron chi connectivity index (χ1n) is 9.42. The van der Waals surface area contributed by atoms with E-state index < -0.39 is 0 Å². The average molecular weight is 391 g/mol. The zero-order chi connectivity index (χ0) is 18.4. The molecule has 2 aromatic rings. The Kier molecular flexibility index (Phi) is 8.11. The van der Waals surface area contributed by atoms with Crippen LogP contribution in [0.5, 0.6) is 5.75 Å². The smallest absolute Gasteiger partial charge is 0.120 e. The maximum absolute atomic E-state index is 10.0. The molecule has 1 aliphatic heterocycles. The maximum atomic E-state index is 10.0. The summed E-state index contributed by atoms with van der Waals surface area (Å²) >= 11 is 0. The molecule has 0 aromatic heterocycles. The summed E-state index contributed by atoms with van der Waals surface area (Å²) in [6.07, 6.45) is 0. The molecule has 1 saturated heterocycles. The standard InChI is InChI=1S/C22H30N2O2.ClH/c1-22(2,17-25)21(24-13-11-23-12-14-24)19-9-6-10-20(15-19)26-16-18-7-4-3-5-8-18;/h3-10,15,21,23,25H,11-14,16-17H2,1-2H3;1H/t21-;/m1./s1. The molecule has 4 nitrogen and oxygen atoms in total. The molecule has 1 heterocycles. The Balaban J connectivity index is 0.00000261. The number of benzene rings is 2. The number of ether oxygens (including phenoxy) is 1.